The van der Waals surface area contributed by atoms with Gasteiger partial charge in [0.2, 0.25) is 0 Å². The third-order valence-corrected chi connectivity index (χ3v) is 2.25. The number of imidazole rings is 1. The maximum Gasteiger partial charge on any atom is 0.328 e. The summed E-state index contributed by atoms with van der Waals surface area (Å²) in [6.45, 7) is 3.20. The van der Waals surface area contributed by atoms with E-state index in [4.69, 9.17) is 9.47 Å². The van der Waals surface area contributed by atoms with Crippen molar-refractivity contribution >= 4 is 0 Å². The predicted octanol–water partition coefficient (Wildman–Crippen LogP) is 0.679. The molecule has 0 bridgehead atoms. The summed E-state index contributed by atoms with van der Waals surface area (Å²) in [5.74, 6) is 0. The molecule has 1 aromatic heterocycles. The molecular formula is C10H18N2O3. The molecule has 0 aliphatic carbocycles. The fraction of sp³-hybridized carbons (Fsp3) is 0.700. The van der Waals surface area contributed by atoms with E-state index in [2.05, 4.69) is 0 Å². The van der Waals surface area contributed by atoms with Crippen molar-refractivity contribution in [2.75, 3.05) is 14.2 Å². The molecule has 0 aliphatic rings. The Bertz CT molecular complexity index is 339. The summed E-state index contributed by atoms with van der Waals surface area (Å²) in [6, 6.07) is 0. The molecule has 1 rings (SSSR count). The van der Waals surface area contributed by atoms with Crippen LogP contribution < -0.4 is 5.69 Å². The van der Waals surface area contributed by atoms with Crippen molar-refractivity contribution in [3.8, 4) is 0 Å². The number of aromatic nitrogens is 2. The number of nitrogens with zero attached hydrogens (tertiary/aromatic N) is 2. The first-order valence-electron chi connectivity index (χ1n) is 5.04. The maximum atomic E-state index is 11.7. The predicted molar refractivity (Wildman–Crippen MR) is 56.8 cm³/mol. The first-order valence-corrected chi connectivity index (χ1v) is 5.04. The van der Waals surface area contributed by atoms with Crippen LogP contribution in [0.3, 0.4) is 0 Å². The molecule has 0 saturated heterocycles. The molecule has 0 fully saturated rings. The topological polar surface area (TPSA) is 45.4 Å². The highest BCUT2D eigenvalue weighted by atomic mass is 16.7. The van der Waals surface area contributed by atoms with E-state index in [1.807, 2.05) is 6.92 Å². The van der Waals surface area contributed by atoms with Crippen molar-refractivity contribution in [3.05, 3.63) is 22.9 Å². The Morgan fingerprint density at radius 2 is 1.87 bits per heavy atom. The summed E-state index contributed by atoms with van der Waals surface area (Å²) in [4.78, 5) is 11.7. The highest BCUT2D eigenvalue weighted by Gasteiger charge is 2.09. The number of ether oxygens (including phenoxy) is 2. The second-order valence-corrected chi connectivity index (χ2v) is 3.33. The van der Waals surface area contributed by atoms with Crippen molar-refractivity contribution in [3.63, 3.8) is 0 Å². The monoisotopic (exact) mass is 214 g/mol. The van der Waals surface area contributed by atoms with E-state index >= 15 is 0 Å². The number of rotatable bonds is 6. The van der Waals surface area contributed by atoms with E-state index < -0.39 is 0 Å². The smallest absolute Gasteiger partial charge is 0.328 e. The molecule has 0 unspecified atom stereocenters. The van der Waals surface area contributed by atoms with E-state index in [0.717, 1.165) is 13.0 Å². The van der Waals surface area contributed by atoms with Crippen LogP contribution in [0.15, 0.2) is 17.2 Å². The average Bonchev–Trinajstić information content (AvgIpc) is 2.58. The lowest BCUT2D eigenvalue weighted by molar-refractivity contribution is -0.111. The van der Waals surface area contributed by atoms with Gasteiger partial charge in [0.1, 0.15) is 0 Å². The first-order chi connectivity index (χ1) is 7.22. The van der Waals surface area contributed by atoms with Gasteiger partial charge in [-0.15, -0.1) is 0 Å². The van der Waals surface area contributed by atoms with Gasteiger partial charge >= 0.3 is 5.69 Å². The van der Waals surface area contributed by atoms with Gasteiger partial charge in [0, 0.05) is 33.2 Å². The van der Waals surface area contributed by atoms with Gasteiger partial charge in [-0.2, -0.15) is 0 Å². The first kappa shape index (κ1) is 12.0. The summed E-state index contributed by atoms with van der Waals surface area (Å²) in [6.07, 6.45) is 4.11. The van der Waals surface area contributed by atoms with Crippen molar-refractivity contribution in [1.82, 2.24) is 9.13 Å². The lowest BCUT2D eigenvalue weighted by Crippen LogP contribution is -2.30. The lowest BCUT2D eigenvalue weighted by atomic mass is 10.5. The Morgan fingerprint density at radius 3 is 2.40 bits per heavy atom. The van der Waals surface area contributed by atoms with Crippen LogP contribution in [0.25, 0.3) is 0 Å². The van der Waals surface area contributed by atoms with Crippen LogP contribution in [0.5, 0.6) is 0 Å². The van der Waals surface area contributed by atoms with Gasteiger partial charge in [-0.25, -0.2) is 4.79 Å². The van der Waals surface area contributed by atoms with Gasteiger partial charge in [0.25, 0.3) is 0 Å². The second-order valence-electron chi connectivity index (χ2n) is 3.33. The molecule has 0 spiro atoms. The molecule has 0 atom stereocenters. The summed E-state index contributed by atoms with van der Waals surface area (Å²) in [7, 11) is 3.12. The van der Waals surface area contributed by atoms with Gasteiger partial charge in [-0.1, -0.05) is 6.92 Å². The van der Waals surface area contributed by atoms with Crippen molar-refractivity contribution in [2.45, 2.75) is 32.7 Å². The Labute approximate surface area is 89.2 Å². The molecule has 1 aromatic rings. The molecule has 5 heteroatoms. The number of hydrogen-bond acceptors (Lipinski definition) is 3. The molecule has 0 N–H and O–H groups in total. The minimum Gasteiger partial charge on any atom is -0.354 e. The Kier molecular flexibility index (Phi) is 4.58. The van der Waals surface area contributed by atoms with Crippen molar-refractivity contribution in [2.24, 2.45) is 0 Å². The van der Waals surface area contributed by atoms with Crippen LogP contribution in [0.2, 0.25) is 0 Å². The van der Waals surface area contributed by atoms with Crippen LogP contribution in [0.1, 0.15) is 13.3 Å². The van der Waals surface area contributed by atoms with Crippen LogP contribution in [0.4, 0.5) is 0 Å². The fourth-order valence-corrected chi connectivity index (χ4v) is 1.41. The normalized spacial score (nSPS) is 11.2. The van der Waals surface area contributed by atoms with Gasteiger partial charge < -0.3 is 9.47 Å². The van der Waals surface area contributed by atoms with E-state index in [0.29, 0.717) is 6.54 Å². The third-order valence-electron chi connectivity index (χ3n) is 2.25. The molecular weight excluding hydrogens is 196 g/mol. The minimum absolute atomic E-state index is 0.0176. The highest BCUT2D eigenvalue weighted by molar-refractivity contribution is 4.81. The van der Waals surface area contributed by atoms with Gasteiger partial charge in [0.05, 0.1) is 6.54 Å². The van der Waals surface area contributed by atoms with Crippen molar-refractivity contribution < 1.29 is 9.47 Å². The summed E-state index contributed by atoms with van der Waals surface area (Å²) in [5, 5.41) is 0. The van der Waals surface area contributed by atoms with E-state index in [1.54, 1.807) is 35.7 Å². The Morgan fingerprint density at radius 1 is 1.27 bits per heavy atom. The van der Waals surface area contributed by atoms with Crippen LogP contribution in [-0.4, -0.2) is 29.6 Å². The minimum atomic E-state index is -0.375. The number of hydrogen-bond donors (Lipinski definition) is 0. The zero-order valence-electron chi connectivity index (χ0n) is 9.47. The molecule has 1 heterocycles. The largest absolute Gasteiger partial charge is 0.354 e. The summed E-state index contributed by atoms with van der Waals surface area (Å²) in [5.41, 5.74) is -0.0176. The van der Waals surface area contributed by atoms with Gasteiger partial charge in [0.15, 0.2) is 6.29 Å². The quantitative estimate of drug-likeness (QED) is 0.654. The molecule has 0 saturated carbocycles. The summed E-state index contributed by atoms with van der Waals surface area (Å²) >= 11 is 0. The van der Waals surface area contributed by atoms with Gasteiger partial charge in [-0.05, 0) is 6.42 Å². The highest BCUT2D eigenvalue weighted by Crippen LogP contribution is 1.96. The maximum absolute atomic E-state index is 11.7. The standard InChI is InChI=1S/C10H18N2O3/c1-4-5-11-6-7-12(10(11)13)8-9(14-2)15-3/h6-7,9H,4-5,8H2,1-3H3. The lowest BCUT2D eigenvalue weighted by Gasteiger charge is -2.12. The number of methoxy groups -OCH3 is 2. The molecule has 86 valence electrons. The van der Waals surface area contributed by atoms with Crippen LogP contribution in [0, 0.1) is 0 Å². The van der Waals surface area contributed by atoms with Crippen LogP contribution >= 0.6 is 0 Å². The molecule has 0 aromatic carbocycles. The zero-order valence-corrected chi connectivity index (χ0v) is 9.47. The molecule has 5 nitrogen and oxygen atoms in total. The Balaban J connectivity index is 2.74. The van der Waals surface area contributed by atoms with Crippen molar-refractivity contribution in [1.29, 1.82) is 0 Å². The van der Waals surface area contributed by atoms with Crippen LogP contribution in [-0.2, 0) is 22.6 Å². The molecule has 0 radical (unpaired) electrons. The SMILES string of the molecule is CCCn1ccn(CC(OC)OC)c1=O. The van der Waals surface area contributed by atoms with Gasteiger partial charge in [-0.3, -0.25) is 9.13 Å². The Hall–Kier alpha value is -1.07. The zero-order chi connectivity index (χ0) is 11.3. The third kappa shape index (κ3) is 2.94. The molecule has 15 heavy (non-hydrogen) atoms. The molecule has 0 aliphatic heterocycles. The van der Waals surface area contributed by atoms with E-state index in [-0.39, 0.29) is 12.0 Å². The molecule has 0 amide bonds. The number of aryl methyl sites for hydroxylation is 1. The van der Waals surface area contributed by atoms with E-state index in [9.17, 15) is 4.79 Å². The fourth-order valence-electron chi connectivity index (χ4n) is 1.41. The summed E-state index contributed by atoms with van der Waals surface area (Å²) < 4.78 is 13.3. The average molecular weight is 214 g/mol. The van der Waals surface area contributed by atoms with E-state index in [1.165, 1.54) is 0 Å². The second kappa shape index (κ2) is 5.72.